The number of anilines is 1. The van der Waals surface area contributed by atoms with Gasteiger partial charge >= 0.3 is 0 Å². The van der Waals surface area contributed by atoms with E-state index in [-0.39, 0.29) is 5.84 Å². The summed E-state index contributed by atoms with van der Waals surface area (Å²) in [7, 11) is 2.02. The Hall–Kier alpha value is -2.36. The van der Waals surface area contributed by atoms with E-state index in [0.717, 1.165) is 12.2 Å². The first kappa shape index (κ1) is 13.1. The van der Waals surface area contributed by atoms with Crippen molar-refractivity contribution in [2.75, 3.05) is 11.9 Å². The third-order valence-electron chi connectivity index (χ3n) is 2.97. The fourth-order valence-corrected chi connectivity index (χ4v) is 1.95. The first-order valence-corrected chi connectivity index (χ1v) is 6.13. The standard InChI is InChI=1S/C15H18N4/c1-11-4-3-5-12(8-11)10-19(2)13-6-7-14(15(16)17)18-9-13/h3-9H,10H2,1-2H3,(H3,16,17). The van der Waals surface area contributed by atoms with Gasteiger partial charge in [-0.25, -0.2) is 0 Å². The zero-order valence-corrected chi connectivity index (χ0v) is 11.2. The van der Waals surface area contributed by atoms with Crippen molar-refractivity contribution in [3.63, 3.8) is 0 Å². The third kappa shape index (κ3) is 3.31. The number of rotatable bonds is 4. The molecular weight excluding hydrogens is 236 g/mol. The van der Waals surface area contributed by atoms with E-state index in [0.29, 0.717) is 5.69 Å². The largest absolute Gasteiger partial charge is 0.382 e. The molecule has 0 aliphatic carbocycles. The summed E-state index contributed by atoms with van der Waals surface area (Å²) in [5, 5.41) is 7.32. The number of hydrogen-bond donors (Lipinski definition) is 2. The van der Waals surface area contributed by atoms with E-state index < -0.39 is 0 Å². The van der Waals surface area contributed by atoms with Gasteiger partial charge in [-0.1, -0.05) is 29.8 Å². The molecule has 2 aromatic rings. The Labute approximate surface area is 113 Å². The number of amidine groups is 1. The molecule has 0 bridgehead atoms. The van der Waals surface area contributed by atoms with Gasteiger partial charge in [-0.2, -0.15) is 0 Å². The molecule has 4 heteroatoms. The van der Waals surface area contributed by atoms with Crippen molar-refractivity contribution in [1.82, 2.24) is 4.98 Å². The lowest BCUT2D eigenvalue weighted by atomic mass is 10.1. The van der Waals surface area contributed by atoms with Crippen LogP contribution in [-0.2, 0) is 6.54 Å². The van der Waals surface area contributed by atoms with E-state index in [1.54, 1.807) is 12.3 Å². The molecule has 0 aliphatic heterocycles. The molecule has 0 radical (unpaired) electrons. The number of aryl methyl sites for hydroxylation is 1. The van der Waals surface area contributed by atoms with E-state index >= 15 is 0 Å². The SMILES string of the molecule is Cc1cccc(CN(C)c2ccc(C(=N)N)nc2)c1. The molecule has 1 aromatic carbocycles. The summed E-state index contributed by atoms with van der Waals surface area (Å²) in [6.45, 7) is 2.91. The number of pyridine rings is 1. The molecule has 19 heavy (non-hydrogen) atoms. The highest BCUT2D eigenvalue weighted by Crippen LogP contribution is 2.15. The second-order valence-electron chi connectivity index (χ2n) is 4.66. The fraction of sp³-hybridized carbons (Fsp3) is 0.200. The summed E-state index contributed by atoms with van der Waals surface area (Å²) < 4.78 is 0. The smallest absolute Gasteiger partial charge is 0.141 e. The Morgan fingerprint density at radius 1 is 1.32 bits per heavy atom. The summed E-state index contributed by atoms with van der Waals surface area (Å²) in [4.78, 5) is 6.28. The van der Waals surface area contributed by atoms with Crippen molar-refractivity contribution in [1.29, 1.82) is 5.41 Å². The van der Waals surface area contributed by atoms with E-state index in [1.807, 2.05) is 13.1 Å². The molecule has 0 atom stereocenters. The molecular formula is C15H18N4. The lowest BCUT2D eigenvalue weighted by Crippen LogP contribution is -2.18. The van der Waals surface area contributed by atoms with Gasteiger partial charge in [0.25, 0.3) is 0 Å². The quantitative estimate of drug-likeness (QED) is 0.650. The number of nitrogens with zero attached hydrogens (tertiary/aromatic N) is 2. The summed E-state index contributed by atoms with van der Waals surface area (Å²) in [5.41, 5.74) is 9.42. The Balaban J connectivity index is 2.11. The lowest BCUT2D eigenvalue weighted by Gasteiger charge is -2.19. The van der Waals surface area contributed by atoms with Crippen molar-refractivity contribution < 1.29 is 0 Å². The molecule has 0 amide bonds. The number of nitrogens with one attached hydrogen (secondary N) is 1. The minimum Gasteiger partial charge on any atom is -0.382 e. The van der Waals surface area contributed by atoms with Crippen LogP contribution in [-0.4, -0.2) is 17.9 Å². The van der Waals surface area contributed by atoms with Gasteiger partial charge in [0, 0.05) is 13.6 Å². The monoisotopic (exact) mass is 254 g/mol. The van der Waals surface area contributed by atoms with Crippen molar-refractivity contribution in [2.24, 2.45) is 5.73 Å². The highest BCUT2D eigenvalue weighted by Gasteiger charge is 2.04. The number of benzene rings is 1. The van der Waals surface area contributed by atoms with Gasteiger partial charge < -0.3 is 10.6 Å². The molecule has 0 saturated heterocycles. The molecule has 0 spiro atoms. The van der Waals surface area contributed by atoms with Gasteiger partial charge in [-0.05, 0) is 24.6 Å². The summed E-state index contributed by atoms with van der Waals surface area (Å²) in [6.07, 6.45) is 1.74. The molecule has 1 aromatic heterocycles. The molecule has 1 heterocycles. The molecule has 0 unspecified atom stereocenters. The van der Waals surface area contributed by atoms with E-state index in [1.165, 1.54) is 11.1 Å². The van der Waals surface area contributed by atoms with Crippen LogP contribution in [0.5, 0.6) is 0 Å². The Morgan fingerprint density at radius 2 is 2.11 bits per heavy atom. The van der Waals surface area contributed by atoms with Crippen LogP contribution in [0.25, 0.3) is 0 Å². The third-order valence-corrected chi connectivity index (χ3v) is 2.97. The Bertz CT molecular complexity index is 575. The highest BCUT2D eigenvalue weighted by atomic mass is 15.1. The molecule has 0 saturated carbocycles. The van der Waals surface area contributed by atoms with Gasteiger partial charge in [-0.3, -0.25) is 10.4 Å². The van der Waals surface area contributed by atoms with Crippen LogP contribution in [0.1, 0.15) is 16.8 Å². The van der Waals surface area contributed by atoms with Gasteiger partial charge in [0.2, 0.25) is 0 Å². The highest BCUT2D eigenvalue weighted by molar-refractivity contribution is 5.93. The average Bonchev–Trinajstić information content (AvgIpc) is 2.39. The molecule has 98 valence electrons. The average molecular weight is 254 g/mol. The second kappa shape index (κ2) is 5.52. The summed E-state index contributed by atoms with van der Waals surface area (Å²) in [5.74, 6) is -0.00659. The van der Waals surface area contributed by atoms with Crippen molar-refractivity contribution in [3.8, 4) is 0 Å². The fourth-order valence-electron chi connectivity index (χ4n) is 1.95. The van der Waals surface area contributed by atoms with Crippen LogP contribution in [0.15, 0.2) is 42.6 Å². The van der Waals surface area contributed by atoms with E-state index in [4.69, 9.17) is 11.1 Å². The summed E-state index contributed by atoms with van der Waals surface area (Å²) >= 11 is 0. The maximum Gasteiger partial charge on any atom is 0.141 e. The Morgan fingerprint density at radius 3 is 2.68 bits per heavy atom. The second-order valence-corrected chi connectivity index (χ2v) is 4.66. The van der Waals surface area contributed by atoms with Gasteiger partial charge in [-0.15, -0.1) is 0 Å². The molecule has 0 aliphatic rings. The first-order chi connectivity index (χ1) is 9.06. The molecule has 4 nitrogen and oxygen atoms in total. The van der Waals surface area contributed by atoms with Crippen LogP contribution in [0, 0.1) is 12.3 Å². The van der Waals surface area contributed by atoms with E-state index in [9.17, 15) is 0 Å². The topological polar surface area (TPSA) is 66.0 Å². The van der Waals surface area contributed by atoms with Crippen LogP contribution in [0.3, 0.4) is 0 Å². The summed E-state index contributed by atoms with van der Waals surface area (Å²) in [6, 6.07) is 12.1. The zero-order valence-electron chi connectivity index (χ0n) is 11.2. The van der Waals surface area contributed by atoms with Gasteiger partial charge in [0.05, 0.1) is 11.9 Å². The number of nitrogen functional groups attached to an aromatic ring is 1. The van der Waals surface area contributed by atoms with E-state index in [2.05, 4.69) is 41.1 Å². The van der Waals surface area contributed by atoms with Crippen LogP contribution in [0.4, 0.5) is 5.69 Å². The first-order valence-electron chi connectivity index (χ1n) is 6.13. The van der Waals surface area contributed by atoms with Crippen LogP contribution >= 0.6 is 0 Å². The lowest BCUT2D eigenvalue weighted by molar-refractivity contribution is 0.916. The normalized spacial score (nSPS) is 10.2. The van der Waals surface area contributed by atoms with Gasteiger partial charge in [0.15, 0.2) is 0 Å². The van der Waals surface area contributed by atoms with Gasteiger partial charge in [0.1, 0.15) is 11.5 Å². The number of hydrogen-bond acceptors (Lipinski definition) is 3. The predicted molar refractivity (Wildman–Crippen MR) is 78.5 cm³/mol. The number of aromatic nitrogens is 1. The van der Waals surface area contributed by atoms with Crippen LogP contribution < -0.4 is 10.6 Å². The molecule has 0 fully saturated rings. The maximum atomic E-state index is 7.32. The number of nitrogens with two attached hydrogens (primary N) is 1. The maximum absolute atomic E-state index is 7.32. The molecule has 3 N–H and O–H groups in total. The minimum atomic E-state index is -0.00659. The van der Waals surface area contributed by atoms with Crippen molar-refractivity contribution >= 4 is 11.5 Å². The zero-order chi connectivity index (χ0) is 13.8. The predicted octanol–water partition coefficient (Wildman–Crippen LogP) is 2.31. The molecule has 2 rings (SSSR count). The Kier molecular flexibility index (Phi) is 3.80. The van der Waals surface area contributed by atoms with Crippen LogP contribution in [0.2, 0.25) is 0 Å². The van der Waals surface area contributed by atoms with Crippen molar-refractivity contribution in [3.05, 3.63) is 59.4 Å². The van der Waals surface area contributed by atoms with Crippen molar-refractivity contribution in [2.45, 2.75) is 13.5 Å². The minimum absolute atomic E-state index is 0.00659.